The maximum Gasteiger partial charge on any atom is 0.259 e. The van der Waals surface area contributed by atoms with Crippen molar-refractivity contribution in [3.8, 4) is 11.3 Å². The summed E-state index contributed by atoms with van der Waals surface area (Å²) in [6.07, 6.45) is 5.05. The van der Waals surface area contributed by atoms with Gasteiger partial charge in [-0.1, -0.05) is 0 Å². The van der Waals surface area contributed by atoms with E-state index >= 15 is 0 Å². The number of aromatic amines is 1. The van der Waals surface area contributed by atoms with Crippen molar-refractivity contribution in [3.63, 3.8) is 0 Å². The predicted molar refractivity (Wildman–Crippen MR) is 126 cm³/mol. The van der Waals surface area contributed by atoms with Crippen LogP contribution in [0.15, 0.2) is 59.8 Å². The SMILES string of the molecule is CNc1ncc(-c2cc3cc[nH]c(=O)c3c(Nc3ccc(N4CCOCC4)cc3)n2)cn1. The molecule has 1 fully saturated rings. The number of morpholine rings is 1. The topological polar surface area (TPSA) is 108 Å². The second-order valence-corrected chi connectivity index (χ2v) is 7.44. The van der Waals surface area contributed by atoms with Gasteiger partial charge in [0, 0.05) is 55.7 Å². The van der Waals surface area contributed by atoms with Crippen LogP contribution in [0.5, 0.6) is 0 Å². The molecular weight excluding hydrogens is 406 g/mol. The van der Waals surface area contributed by atoms with Crippen LogP contribution in [0.1, 0.15) is 0 Å². The number of hydrogen-bond donors (Lipinski definition) is 3. The Balaban J connectivity index is 1.51. The van der Waals surface area contributed by atoms with Gasteiger partial charge in [-0.2, -0.15) is 0 Å². The van der Waals surface area contributed by atoms with Gasteiger partial charge in [-0.05, 0) is 41.8 Å². The molecule has 0 saturated carbocycles. The van der Waals surface area contributed by atoms with Gasteiger partial charge in [0.25, 0.3) is 5.56 Å². The van der Waals surface area contributed by atoms with E-state index in [0.29, 0.717) is 22.8 Å². The van der Waals surface area contributed by atoms with Crippen LogP contribution in [-0.4, -0.2) is 53.3 Å². The van der Waals surface area contributed by atoms with E-state index in [9.17, 15) is 4.79 Å². The third kappa shape index (κ3) is 3.97. The summed E-state index contributed by atoms with van der Waals surface area (Å²) in [6.45, 7) is 3.24. The number of nitrogens with one attached hydrogen (secondary N) is 3. The second kappa shape index (κ2) is 8.64. The number of H-pyrrole nitrogens is 1. The molecule has 3 aromatic heterocycles. The predicted octanol–water partition coefficient (Wildman–Crippen LogP) is 3.00. The van der Waals surface area contributed by atoms with Crippen molar-refractivity contribution < 1.29 is 4.74 Å². The van der Waals surface area contributed by atoms with Crippen molar-refractivity contribution in [2.75, 3.05) is 48.9 Å². The molecule has 162 valence electrons. The van der Waals surface area contributed by atoms with Crippen LogP contribution in [0, 0.1) is 0 Å². The van der Waals surface area contributed by atoms with Gasteiger partial charge in [0.2, 0.25) is 5.95 Å². The first-order valence-electron chi connectivity index (χ1n) is 10.4. The monoisotopic (exact) mass is 429 g/mol. The molecule has 0 amide bonds. The fourth-order valence-electron chi connectivity index (χ4n) is 3.76. The van der Waals surface area contributed by atoms with E-state index in [0.717, 1.165) is 48.6 Å². The van der Waals surface area contributed by atoms with Crippen LogP contribution in [0.2, 0.25) is 0 Å². The molecule has 32 heavy (non-hydrogen) atoms. The molecule has 0 aliphatic carbocycles. The molecule has 0 bridgehead atoms. The second-order valence-electron chi connectivity index (χ2n) is 7.44. The van der Waals surface area contributed by atoms with E-state index in [1.54, 1.807) is 25.6 Å². The summed E-state index contributed by atoms with van der Waals surface area (Å²) >= 11 is 0. The van der Waals surface area contributed by atoms with E-state index < -0.39 is 0 Å². The van der Waals surface area contributed by atoms with E-state index in [4.69, 9.17) is 9.72 Å². The number of ether oxygens (including phenoxy) is 1. The van der Waals surface area contributed by atoms with Crippen LogP contribution in [0.25, 0.3) is 22.0 Å². The number of aromatic nitrogens is 4. The largest absolute Gasteiger partial charge is 0.378 e. The Morgan fingerprint density at radius 1 is 1.06 bits per heavy atom. The summed E-state index contributed by atoms with van der Waals surface area (Å²) in [7, 11) is 1.77. The summed E-state index contributed by atoms with van der Waals surface area (Å²) in [4.78, 5) is 30.9. The average Bonchev–Trinajstić information content (AvgIpc) is 2.85. The van der Waals surface area contributed by atoms with E-state index in [2.05, 4.69) is 42.6 Å². The molecule has 0 atom stereocenters. The number of nitrogens with zero attached hydrogens (tertiary/aromatic N) is 4. The standard InChI is InChI=1S/C23H23N7O2/c1-24-23-26-13-16(14-27-23)19-12-15-6-7-25-22(31)20(15)21(29-19)28-17-2-4-18(5-3-17)30-8-10-32-11-9-30/h2-7,12-14H,8-11H2,1H3,(H,25,31)(H,28,29)(H,24,26,27). The maximum absolute atomic E-state index is 12.6. The van der Waals surface area contributed by atoms with Gasteiger partial charge in [-0.15, -0.1) is 0 Å². The summed E-state index contributed by atoms with van der Waals surface area (Å²) in [5.41, 5.74) is 3.23. The van der Waals surface area contributed by atoms with Crippen molar-refractivity contribution in [2.24, 2.45) is 0 Å². The third-order valence-corrected chi connectivity index (χ3v) is 5.43. The minimum Gasteiger partial charge on any atom is -0.378 e. The van der Waals surface area contributed by atoms with Crippen molar-refractivity contribution >= 4 is 33.9 Å². The fourth-order valence-corrected chi connectivity index (χ4v) is 3.76. The van der Waals surface area contributed by atoms with Gasteiger partial charge in [0.1, 0.15) is 5.82 Å². The molecule has 0 unspecified atom stereocenters. The van der Waals surface area contributed by atoms with Crippen LogP contribution in [-0.2, 0) is 4.74 Å². The molecular formula is C23H23N7O2. The van der Waals surface area contributed by atoms with Crippen LogP contribution in [0.3, 0.4) is 0 Å². The molecule has 1 aromatic carbocycles. The smallest absolute Gasteiger partial charge is 0.259 e. The van der Waals surface area contributed by atoms with Gasteiger partial charge < -0.3 is 25.3 Å². The first kappa shape index (κ1) is 20.0. The molecule has 1 aliphatic heterocycles. The summed E-state index contributed by atoms with van der Waals surface area (Å²) in [6, 6.07) is 11.8. The molecule has 0 spiro atoms. The lowest BCUT2D eigenvalue weighted by molar-refractivity contribution is 0.122. The molecule has 3 N–H and O–H groups in total. The summed E-state index contributed by atoms with van der Waals surface area (Å²) in [5.74, 6) is 1.01. The normalized spacial score (nSPS) is 13.8. The Labute approximate surface area is 184 Å². The molecule has 4 aromatic rings. The van der Waals surface area contributed by atoms with Crippen molar-refractivity contribution in [2.45, 2.75) is 0 Å². The number of hydrogen-bond acceptors (Lipinski definition) is 8. The highest BCUT2D eigenvalue weighted by atomic mass is 16.5. The molecule has 9 nitrogen and oxygen atoms in total. The molecule has 9 heteroatoms. The van der Waals surface area contributed by atoms with E-state index in [1.807, 2.05) is 24.3 Å². The highest BCUT2D eigenvalue weighted by Gasteiger charge is 2.14. The van der Waals surface area contributed by atoms with Gasteiger partial charge in [0.15, 0.2) is 0 Å². The third-order valence-electron chi connectivity index (χ3n) is 5.43. The van der Waals surface area contributed by atoms with E-state index in [1.165, 1.54) is 0 Å². The zero-order valence-corrected chi connectivity index (χ0v) is 17.6. The van der Waals surface area contributed by atoms with Crippen LogP contribution >= 0.6 is 0 Å². The number of rotatable bonds is 5. The minimum atomic E-state index is -0.198. The minimum absolute atomic E-state index is 0.198. The van der Waals surface area contributed by atoms with Crippen molar-refractivity contribution in [1.29, 1.82) is 0 Å². The first-order valence-corrected chi connectivity index (χ1v) is 10.4. The lowest BCUT2D eigenvalue weighted by atomic mass is 10.1. The fraction of sp³-hybridized carbons (Fsp3) is 0.217. The average molecular weight is 429 g/mol. The molecule has 4 heterocycles. The highest BCUT2D eigenvalue weighted by Crippen LogP contribution is 2.28. The first-order chi connectivity index (χ1) is 15.7. The van der Waals surface area contributed by atoms with Crippen molar-refractivity contribution in [1.82, 2.24) is 19.9 Å². The summed E-state index contributed by atoms with van der Waals surface area (Å²) < 4.78 is 5.43. The Morgan fingerprint density at radius 3 is 2.53 bits per heavy atom. The zero-order valence-electron chi connectivity index (χ0n) is 17.6. The van der Waals surface area contributed by atoms with Crippen molar-refractivity contribution in [3.05, 3.63) is 65.3 Å². The Morgan fingerprint density at radius 2 is 1.81 bits per heavy atom. The van der Waals surface area contributed by atoms with Gasteiger partial charge in [-0.3, -0.25) is 4.79 Å². The van der Waals surface area contributed by atoms with Crippen LogP contribution < -0.4 is 21.1 Å². The van der Waals surface area contributed by atoms with Crippen LogP contribution in [0.4, 0.5) is 23.1 Å². The lowest BCUT2D eigenvalue weighted by Gasteiger charge is -2.28. The summed E-state index contributed by atoms with van der Waals surface area (Å²) in [5, 5.41) is 7.51. The lowest BCUT2D eigenvalue weighted by Crippen LogP contribution is -2.36. The van der Waals surface area contributed by atoms with E-state index in [-0.39, 0.29) is 5.56 Å². The number of anilines is 4. The Hall–Kier alpha value is -3.98. The molecule has 0 radical (unpaired) electrons. The zero-order chi connectivity index (χ0) is 21.9. The number of pyridine rings is 2. The number of benzene rings is 1. The molecule has 1 aliphatic rings. The van der Waals surface area contributed by atoms with Gasteiger partial charge in [0.05, 0.1) is 24.3 Å². The Kier molecular flexibility index (Phi) is 5.39. The van der Waals surface area contributed by atoms with Gasteiger partial charge in [-0.25, -0.2) is 15.0 Å². The molecule has 5 rings (SSSR count). The quantitative estimate of drug-likeness (QED) is 0.444. The number of fused-ring (bicyclic) bond motifs is 1. The Bertz CT molecular complexity index is 1280. The van der Waals surface area contributed by atoms with Gasteiger partial charge >= 0.3 is 0 Å². The maximum atomic E-state index is 12.6. The highest BCUT2D eigenvalue weighted by molar-refractivity contribution is 5.95. The molecule has 1 saturated heterocycles.